The van der Waals surface area contributed by atoms with Crippen LogP contribution in [0.1, 0.15) is 44.9 Å². The topological polar surface area (TPSA) is 54.3 Å². The van der Waals surface area contributed by atoms with Crippen LogP contribution in [-0.2, 0) is 4.79 Å². The van der Waals surface area contributed by atoms with E-state index in [9.17, 15) is 4.79 Å². The summed E-state index contributed by atoms with van der Waals surface area (Å²) in [4.78, 5) is 17.0. The van der Waals surface area contributed by atoms with Crippen molar-refractivity contribution in [2.24, 2.45) is 0 Å². The summed E-state index contributed by atoms with van der Waals surface area (Å²) in [7, 11) is 1.94. The smallest absolute Gasteiger partial charge is 0.233 e. The second kappa shape index (κ2) is 9.39. The highest BCUT2D eigenvalue weighted by atomic mass is 35.5. The molecule has 156 valence electrons. The number of hydrogen-bond acceptors (Lipinski definition) is 5. The fraction of sp³-hybridized carbons (Fsp3) is 0.571. The molecule has 1 aromatic carbocycles. The summed E-state index contributed by atoms with van der Waals surface area (Å²) in [6.07, 6.45) is 8.28. The number of thioether (sulfide) groups is 1. The van der Waals surface area contributed by atoms with Crippen molar-refractivity contribution in [3.8, 4) is 5.69 Å². The highest BCUT2D eigenvalue weighted by Gasteiger charge is 2.25. The molecule has 0 spiro atoms. The Bertz CT molecular complexity index is 845. The standard InChI is InChI=1S/C21H28ClN5OS/c1-25(17-9-3-2-4-10-17)19(28)15-29-21-24-23-20(26-12-5-6-13-26)27(21)18-11-7-8-16(22)14-18/h7-8,11,14,17H,2-6,9-10,12-13,15H2,1H3. The van der Waals surface area contributed by atoms with E-state index in [0.717, 1.165) is 55.6 Å². The van der Waals surface area contributed by atoms with Gasteiger partial charge in [-0.05, 0) is 43.9 Å². The molecule has 2 heterocycles. The molecule has 0 atom stereocenters. The first-order valence-electron chi connectivity index (χ1n) is 10.5. The maximum absolute atomic E-state index is 12.8. The molecule has 1 saturated heterocycles. The zero-order chi connectivity index (χ0) is 20.2. The lowest BCUT2D eigenvalue weighted by Gasteiger charge is -2.31. The van der Waals surface area contributed by atoms with E-state index < -0.39 is 0 Å². The van der Waals surface area contributed by atoms with Gasteiger partial charge in [0.15, 0.2) is 5.16 Å². The Morgan fingerprint density at radius 3 is 2.66 bits per heavy atom. The van der Waals surface area contributed by atoms with Gasteiger partial charge in [0.1, 0.15) is 0 Å². The van der Waals surface area contributed by atoms with Crippen LogP contribution in [0.3, 0.4) is 0 Å². The largest absolute Gasteiger partial charge is 0.342 e. The van der Waals surface area contributed by atoms with E-state index in [-0.39, 0.29) is 5.91 Å². The molecule has 4 rings (SSSR count). The molecule has 0 bridgehead atoms. The van der Waals surface area contributed by atoms with Crippen molar-refractivity contribution in [3.05, 3.63) is 29.3 Å². The van der Waals surface area contributed by atoms with Crippen LogP contribution in [0.5, 0.6) is 0 Å². The summed E-state index contributed by atoms with van der Waals surface area (Å²) < 4.78 is 2.04. The first-order valence-corrected chi connectivity index (χ1v) is 11.8. The number of hydrogen-bond donors (Lipinski definition) is 0. The highest BCUT2D eigenvalue weighted by Crippen LogP contribution is 2.30. The summed E-state index contributed by atoms with van der Waals surface area (Å²) in [6, 6.07) is 8.10. The fourth-order valence-corrected chi connectivity index (χ4v) is 5.27. The van der Waals surface area contributed by atoms with Gasteiger partial charge < -0.3 is 9.80 Å². The Labute approximate surface area is 181 Å². The molecule has 2 aromatic rings. The number of carbonyl (C=O) groups is 1. The van der Waals surface area contributed by atoms with Gasteiger partial charge >= 0.3 is 0 Å². The third kappa shape index (κ3) is 4.72. The van der Waals surface area contributed by atoms with E-state index in [2.05, 4.69) is 15.1 Å². The SMILES string of the molecule is CN(C(=O)CSc1nnc(N2CCCC2)n1-c1cccc(Cl)c1)C1CCCCC1. The first kappa shape index (κ1) is 20.5. The predicted molar refractivity (Wildman–Crippen MR) is 118 cm³/mol. The fourth-order valence-electron chi connectivity index (χ4n) is 4.22. The zero-order valence-electron chi connectivity index (χ0n) is 16.9. The van der Waals surface area contributed by atoms with Gasteiger partial charge in [-0.3, -0.25) is 9.36 Å². The molecule has 1 aliphatic heterocycles. The van der Waals surface area contributed by atoms with Crippen LogP contribution < -0.4 is 4.90 Å². The normalized spacial score (nSPS) is 17.7. The molecule has 0 N–H and O–H groups in total. The van der Waals surface area contributed by atoms with E-state index in [1.165, 1.54) is 31.0 Å². The first-order chi connectivity index (χ1) is 14.1. The summed E-state index contributed by atoms with van der Waals surface area (Å²) >= 11 is 7.70. The summed E-state index contributed by atoms with van der Waals surface area (Å²) in [5.74, 6) is 1.36. The second-order valence-corrected chi connectivity index (χ2v) is 9.26. The van der Waals surface area contributed by atoms with Gasteiger partial charge in [0.2, 0.25) is 11.9 Å². The number of nitrogens with zero attached hydrogens (tertiary/aromatic N) is 5. The number of aromatic nitrogens is 3. The van der Waals surface area contributed by atoms with Crippen LogP contribution >= 0.6 is 23.4 Å². The molecule has 6 nitrogen and oxygen atoms in total. The van der Waals surface area contributed by atoms with Gasteiger partial charge in [0.05, 0.1) is 11.4 Å². The van der Waals surface area contributed by atoms with E-state index in [4.69, 9.17) is 11.6 Å². The molecule has 2 fully saturated rings. The van der Waals surface area contributed by atoms with Gasteiger partial charge in [0, 0.05) is 31.2 Å². The summed E-state index contributed by atoms with van der Waals surface area (Å²) in [6.45, 7) is 1.96. The number of carbonyl (C=O) groups excluding carboxylic acids is 1. The molecule has 0 radical (unpaired) electrons. The van der Waals surface area contributed by atoms with Crippen molar-refractivity contribution in [1.29, 1.82) is 0 Å². The Balaban J connectivity index is 1.53. The number of amides is 1. The minimum absolute atomic E-state index is 0.158. The number of rotatable bonds is 6. The van der Waals surface area contributed by atoms with Crippen molar-refractivity contribution in [2.75, 3.05) is 30.8 Å². The molecule has 29 heavy (non-hydrogen) atoms. The van der Waals surface area contributed by atoms with Crippen molar-refractivity contribution in [3.63, 3.8) is 0 Å². The average Bonchev–Trinajstić information content (AvgIpc) is 3.41. The van der Waals surface area contributed by atoms with Crippen molar-refractivity contribution < 1.29 is 4.79 Å². The highest BCUT2D eigenvalue weighted by molar-refractivity contribution is 7.99. The molecule has 2 aliphatic rings. The Hall–Kier alpha value is -1.73. The van der Waals surface area contributed by atoms with Crippen LogP contribution in [0.2, 0.25) is 5.02 Å². The lowest BCUT2D eigenvalue weighted by atomic mass is 9.94. The molecule has 1 amide bonds. The summed E-state index contributed by atoms with van der Waals surface area (Å²) in [5.41, 5.74) is 0.931. The van der Waals surface area contributed by atoms with Gasteiger partial charge in [0.25, 0.3) is 0 Å². The van der Waals surface area contributed by atoms with Gasteiger partial charge in [-0.2, -0.15) is 0 Å². The van der Waals surface area contributed by atoms with Crippen molar-refractivity contribution in [2.45, 2.75) is 56.1 Å². The number of halogens is 1. The lowest BCUT2D eigenvalue weighted by Crippen LogP contribution is -2.39. The van der Waals surface area contributed by atoms with E-state index in [1.807, 2.05) is 40.8 Å². The minimum atomic E-state index is 0.158. The van der Waals surface area contributed by atoms with E-state index in [0.29, 0.717) is 16.8 Å². The Morgan fingerprint density at radius 2 is 1.93 bits per heavy atom. The third-order valence-electron chi connectivity index (χ3n) is 5.91. The molecule has 1 saturated carbocycles. The van der Waals surface area contributed by atoms with Crippen LogP contribution in [0.25, 0.3) is 5.69 Å². The lowest BCUT2D eigenvalue weighted by molar-refractivity contribution is -0.129. The second-order valence-electron chi connectivity index (χ2n) is 7.88. The molecule has 8 heteroatoms. The van der Waals surface area contributed by atoms with Crippen LogP contribution in [0.4, 0.5) is 5.95 Å². The van der Waals surface area contributed by atoms with Crippen LogP contribution in [0.15, 0.2) is 29.4 Å². The molecular weight excluding hydrogens is 406 g/mol. The average molecular weight is 434 g/mol. The van der Waals surface area contributed by atoms with Gasteiger partial charge in [-0.25, -0.2) is 0 Å². The Kier molecular flexibility index (Phi) is 6.65. The minimum Gasteiger partial charge on any atom is -0.342 e. The van der Waals surface area contributed by atoms with Gasteiger partial charge in [-0.15, -0.1) is 10.2 Å². The summed E-state index contributed by atoms with van der Waals surface area (Å²) in [5, 5.41) is 10.3. The monoisotopic (exact) mass is 433 g/mol. The van der Waals surface area contributed by atoms with Gasteiger partial charge in [-0.1, -0.05) is 48.7 Å². The molecule has 1 aliphatic carbocycles. The number of anilines is 1. The van der Waals surface area contributed by atoms with Crippen LogP contribution in [0, 0.1) is 0 Å². The van der Waals surface area contributed by atoms with E-state index >= 15 is 0 Å². The van der Waals surface area contributed by atoms with Crippen molar-refractivity contribution in [1.82, 2.24) is 19.7 Å². The molecule has 0 unspecified atom stereocenters. The van der Waals surface area contributed by atoms with Crippen molar-refractivity contribution >= 4 is 35.2 Å². The van der Waals surface area contributed by atoms with E-state index in [1.54, 1.807) is 0 Å². The zero-order valence-corrected chi connectivity index (χ0v) is 18.5. The predicted octanol–water partition coefficient (Wildman–Crippen LogP) is 4.40. The molecule has 1 aromatic heterocycles. The maximum Gasteiger partial charge on any atom is 0.233 e. The Morgan fingerprint density at radius 1 is 1.17 bits per heavy atom. The number of benzene rings is 1. The maximum atomic E-state index is 12.8. The third-order valence-corrected chi connectivity index (χ3v) is 7.06. The quantitative estimate of drug-likeness (QED) is 0.632. The van der Waals surface area contributed by atoms with Crippen LogP contribution in [-0.4, -0.2) is 57.5 Å². The molecular formula is C21H28ClN5OS.